The third-order valence-electron chi connectivity index (χ3n) is 3.26. The normalized spacial score (nSPS) is 10.7. The van der Waals surface area contributed by atoms with Crippen molar-refractivity contribution in [2.75, 3.05) is 5.32 Å². The fourth-order valence-corrected chi connectivity index (χ4v) is 2.81. The van der Waals surface area contributed by atoms with E-state index < -0.39 is 5.91 Å². The van der Waals surface area contributed by atoms with E-state index in [2.05, 4.69) is 20.4 Å². The van der Waals surface area contributed by atoms with E-state index in [4.69, 9.17) is 23.2 Å². The van der Waals surface area contributed by atoms with E-state index in [-0.39, 0.29) is 11.5 Å². The molecule has 1 amide bonds. The molecular formula is C16H13Cl2N5O2. The predicted molar refractivity (Wildman–Crippen MR) is 95.9 cm³/mol. The summed E-state index contributed by atoms with van der Waals surface area (Å²) in [5, 5.41) is 7.69. The molecule has 2 N–H and O–H groups in total. The second kappa shape index (κ2) is 6.70. The van der Waals surface area contributed by atoms with Gasteiger partial charge in [0.05, 0.1) is 5.69 Å². The lowest BCUT2D eigenvalue weighted by Crippen LogP contribution is -2.19. The molecule has 0 atom stereocenters. The minimum Gasteiger partial charge on any atom is -0.306 e. The number of hydrogen-bond acceptors (Lipinski definition) is 4. The Kier molecular flexibility index (Phi) is 4.61. The van der Waals surface area contributed by atoms with Crippen LogP contribution < -0.4 is 10.9 Å². The number of carbonyl (C=O) groups excluding carboxylic acids is 1. The van der Waals surface area contributed by atoms with Gasteiger partial charge in [-0.2, -0.15) is 9.78 Å². The molecule has 2 aromatic heterocycles. The molecule has 0 radical (unpaired) electrons. The zero-order valence-corrected chi connectivity index (χ0v) is 14.8. The third kappa shape index (κ3) is 3.89. The fraction of sp³-hybridized carbons (Fsp3) is 0.125. The number of aromatic amines is 1. The van der Waals surface area contributed by atoms with Crippen molar-refractivity contribution in [1.29, 1.82) is 0 Å². The highest BCUT2D eigenvalue weighted by molar-refractivity contribution is 6.35. The maximum absolute atomic E-state index is 12.5. The smallest absolute Gasteiger partial charge is 0.256 e. The number of amides is 1. The summed E-state index contributed by atoms with van der Waals surface area (Å²) >= 11 is 11.9. The number of aromatic nitrogens is 4. The number of anilines is 1. The number of halogens is 2. The van der Waals surface area contributed by atoms with Crippen molar-refractivity contribution < 1.29 is 4.79 Å². The minimum absolute atomic E-state index is 0.206. The van der Waals surface area contributed by atoms with Crippen molar-refractivity contribution in [3.05, 3.63) is 67.7 Å². The summed E-state index contributed by atoms with van der Waals surface area (Å²) in [5.74, 6) is 0.144. The lowest BCUT2D eigenvalue weighted by Gasteiger charge is -2.09. The molecular weight excluding hydrogens is 365 g/mol. The largest absolute Gasteiger partial charge is 0.306 e. The summed E-state index contributed by atoms with van der Waals surface area (Å²) in [7, 11) is 0. The standard InChI is InChI=1S/C16H13Cl2N5O2/c1-8-4-14(24)21-16(19-8)23-13(3-9(2)22-23)20-15(25)10-5-11(17)7-12(18)6-10/h3-7H,1-2H3,(H,20,25)(H,19,21,24). The molecule has 3 rings (SSSR count). The van der Waals surface area contributed by atoms with E-state index in [0.29, 0.717) is 32.8 Å². The molecule has 9 heteroatoms. The van der Waals surface area contributed by atoms with Crippen LogP contribution in [0.3, 0.4) is 0 Å². The number of hydrogen-bond donors (Lipinski definition) is 2. The Labute approximate surface area is 152 Å². The second-order valence-electron chi connectivity index (χ2n) is 5.41. The van der Waals surface area contributed by atoms with E-state index in [1.54, 1.807) is 19.9 Å². The average molecular weight is 378 g/mol. The van der Waals surface area contributed by atoms with Crippen molar-refractivity contribution in [1.82, 2.24) is 19.7 Å². The molecule has 0 saturated heterocycles. The molecule has 128 valence electrons. The number of H-pyrrole nitrogens is 1. The molecule has 0 fully saturated rings. The summed E-state index contributed by atoms with van der Waals surface area (Å²) in [5.41, 5.74) is 1.16. The molecule has 0 aliphatic heterocycles. The first-order chi connectivity index (χ1) is 11.8. The van der Waals surface area contributed by atoms with E-state index in [9.17, 15) is 9.59 Å². The van der Waals surface area contributed by atoms with Gasteiger partial charge in [-0.1, -0.05) is 23.2 Å². The van der Waals surface area contributed by atoms with Crippen molar-refractivity contribution in [3.8, 4) is 5.95 Å². The second-order valence-corrected chi connectivity index (χ2v) is 6.28. The summed E-state index contributed by atoms with van der Waals surface area (Å²) < 4.78 is 1.35. The SMILES string of the molecule is Cc1cc(=O)[nH]c(-n2nc(C)cc2NC(=O)c2cc(Cl)cc(Cl)c2)n1. The van der Waals surface area contributed by atoms with Crippen LogP contribution in [0.1, 0.15) is 21.7 Å². The molecule has 0 unspecified atom stereocenters. The van der Waals surface area contributed by atoms with E-state index >= 15 is 0 Å². The molecule has 0 bridgehead atoms. The van der Waals surface area contributed by atoms with Crippen LogP contribution in [-0.2, 0) is 0 Å². The predicted octanol–water partition coefficient (Wildman–Crippen LogP) is 3.13. The van der Waals surface area contributed by atoms with Crippen LogP contribution in [0.25, 0.3) is 5.95 Å². The van der Waals surface area contributed by atoms with Gasteiger partial charge in [0, 0.05) is 33.4 Å². The van der Waals surface area contributed by atoms with E-state index in [1.165, 1.54) is 28.9 Å². The van der Waals surface area contributed by atoms with Gasteiger partial charge in [-0.15, -0.1) is 0 Å². The van der Waals surface area contributed by atoms with Gasteiger partial charge in [0.1, 0.15) is 5.82 Å². The number of nitrogens with zero attached hydrogens (tertiary/aromatic N) is 3. The highest BCUT2D eigenvalue weighted by Crippen LogP contribution is 2.21. The van der Waals surface area contributed by atoms with Crippen molar-refractivity contribution in [3.63, 3.8) is 0 Å². The van der Waals surface area contributed by atoms with Gasteiger partial charge in [0.15, 0.2) is 0 Å². The van der Waals surface area contributed by atoms with Crippen LogP contribution in [0.2, 0.25) is 10.0 Å². The zero-order valence-electron chi connectivity index (χ0n) is 13.3. The molecule has 1 aromatic carbocycles. The Morgan fingerprint density at radius 1 is 1.08 bits per heavy atom. The molecule has 3 aromatic rings. The Bertz CT molecular complexity index is 1010. The molecule has 0 aliphatic carbocycles. The van der Waals surface area contributed by atoms with Gasteiger partial charge in [-0.25, -0.2) is 4.98 Å². The summed E-state index contributed by atoms with van der Waals surface area (Å²) in [6.07, 6.45) is 0. The number of carbonyl (C=O) groups is 1. The highest BCUT2D eigenvalue weighted by Gasteiger charge is 2.15. The first-order valence-electron chi connectivity index (χ1n) is 7.24. The van der Waals surface area contributed by atoms with E-state index in [1.807, 2.05) is 0 Å². The lowest BCUT2D eigenvalue weighted by molar-refractivity contribution is 0.102. The van der Waals surface area contributed by atoms with Gasteiger partial charge in [0.25, 0.3) is 11.5 Å². The van der Waals surface area contributed by atoms with Gasteiger partial charge in [-0.05, 0) is 32.0 Å². The van der Waals surface area contributed by atoms with Crippen molar-refractivity contribution in [2.24, 2.45) is 0 Å². The maximum atomic E-state index is 12.5. The van der Waals surface area contributed by atoms with Crippen LogP contribution in [0, 0.1) is 13.8 Å². The lowest BCUT2D eigenvalue weighted by atomic mass is 10.2. The first-order valence-corrected chi connectivity index (χ1v) is 8.00. The topological polar surface area (TPSA) is 92.7 Å². The number of rotatable bonds is 3. The van der Waals surface area contributed by atoms with Crippen molar-refractivity contribution >= 4 is 34.9 Å². The highest BCUT2D eigenvalue weighted by atomic mass is 35.5. The van der Waals surface area contributed by atoms with Gasteiger partial charge >= 0.3 is 0 Å². The Morgan fingerprint density at radius 2 is 1.76 bits per heavy atom. The van der Waals surface area contributed by atoms with Gasteiger partial charge < -0.3 is 5.32 Å². The minimum atomic E-state index is -0.416. The number of benzene rings is 1. The van der Waals surface area contributed by atoms with Crippen LogP contribution in [0.5, 0.6) is 0 Å². The number of aryl methyl sites for hydroxylation is 2. The summed E-state index contributed by atoms with van der Waals surface area (Å²) in [4.78, 5) is 31.0. The summed E-state index contributed by atoms with van der Waals surface area (Å²) in [6.45, 7) is 3.46. The fourth-order valence-electron chi connectivity index (χ4n) is 2.29. The molecule has 7 nitrogen and oxygen atoms in total. The number of nitrogens with one attached hydrogen (secondary N) is 2. The molecule has 0 aliphatic rings. The zero-order chi connectivity index (χ0) is 18.1. The molecule has 0 spiro atoms. The molecule has 0 saturated carbocycles. The maximum Gasteiger partial charge on any atom is 0.256 e. The third-order valence-corrected chi connectivity index (χ3v) is 3.69. The Hall–Kier alpha value is -2.64. The van der Waals surface area contributed by atoms with Gasteiger partial charge in [-0.3, -0.25) is 14.6 Å². The summed E-state index contributed by atoms with van der Waals surface area (Å²) in [6, 6.07) is 7.57. The van der Waals surface area contributed by atoms with E-state index in [0.717, 1.165) is 0 Å². The van der Waals surface area contributed by atoms with Crippen LogP contribution >= 0.6 is 23.2 Å². The Balaban J connectivity index is 1.98. The quantitative estimate of drug-likeness (QED) is 0.733. The Morgan fingerprint density at radius 3 is 2.40 bits per heavy atom. The van der Waals surface area contributed by atoms with Crippen molar-refractivity contribution in [2.45, 2.75) is 13.8 Å². The molecule has 25 heavy (non-hydrogen) atoms. The average Bonchev–Trinajstić information content (AvgIpc) is 2.86. The van der Waals surface area contributed by atoms with Crippen LogP contribution in [0.15, 0.2) is 35.1 Å². The first kappa shape index (κ1) is 17.2. The van der Waals surface area contributed by atoms with Crippen LogP contribution in [-0.4, -0.2) is 25.7 Å². The molecule has 2 heterocycles. The van der Waals surface area contributed by atoms with Crippen LogP contribution in [0.4, 0.5) is 5.82 Å². The van der Waals surface area contributed by atoms with Gasteiger partial charge in [0.2, 0.25) is 5.95 Å². The monoisotopic (exact) mass is 377 g/mol.